The second-order valence-electron chi connectivity index (χ2n) is 10.5. The van der Waals surface area contributed by atoms with Crippen LogP contribution in [0.15, 0.2) is 60.7 Å². The van der Waals surface area contributed by atoms with Gasteiger partial charge >= 0.3 is 12.1 Å². The summed E-state index contributed by atoms with van der Waals surface area (Å²) in [7, 11) is 0. The van der Waals surface area contributed by atoms with Crippen molar-refractivity contribution in [3.05, 3.63) is 71.9 Å². The van der Waals surface area contributed by atoms with Gasteiger partial charge in [-0.25, -0.2) is 9.36 Å². The molecule has 0 radical (unpaired) electrons. The van der Waals surface area contributed by atoms with E-state index in [1.54, 1.807) is 4.57 Å². The van der Waals surface area contributed by atoms with Gasteiger partial charge in [-0.05, 0) is 59.2 Å². The molecule has 3 atom stereocenters. The van der Waals surface area contributed by atoms with E-state index in [0.29, 0.717) is 6.54 Å². The molecule has 0 N–H and O–H groups in total. The van der Waals surface area contributed by atoms with Gasteiger partial charge in [0.25, 0.3) is 0 Å². The average Bonchev–Trinajstić information content (AvgIpc) is 3.26. The predicted molar refractivity (Wildman–Crippen MR) is 128 cm³/mol. The molecule has 0 aliphatic carbocycles. The van der Waals surface area contributed by atoms with Crippen LogP contribution in [0.4, 0.5) is 4.79 Å². The maximum Gasteiger partial charge on any atom is 0.419 e. The number of nitrogens with zero attached hydrogens (tertiary/aromatic N) is 2. The number of hydrogen-bond donors (Lipinski definition) is 0. The lowest BCUT2D eigenvalue weighted by Crippen LogP contribution is -2.29. The molecule has 174 valence electrons. The van der Waals surface area contributed by atoms with Crippen LogP contribution in [0.25, 0.3) is 10.9 Å². The van der Waals surface area contributed by atoms with Crippen LogP contribution in [0, 0.1) is 0 Å². The minimum absolute atomic E-state index is 0.288. The number of para-hydroxylation sites is 1. The maximum absolute atomic E-state index is 13.3. The van der Waals surface area contributed by atoms with Gasteiger partial charge in [0.1, 0.15) is 17.2 Å². The smallest absolute Gasteiger partial charge is 0.419 e. The van der Waals surface area contributed by atoms with Crippen LogP contribution in [0.3, 0.4) is 0 Å². The van der Waals surface area contributed by atoms with Crippen molar-refractivity contribution in [2.45, 2.75) is 71.4 Å². The van der Waals surface area contributed by atoms with Gasteiger partial charge in [0.15, 0.2) is 0 Å². The fraction of sp³-hybridized carbons (Fsp3) is 0.407. The molecule has 6 nitrogen and oxygen atoms in total. The predicted octanol–water partition coefficient (Wildman–Crippen LogP) is 5.69. The topological polar surface area (TPSA) is 60.5 Å². The molecule has 33 heavy (non-hydrogen) atoms. The van der Waals surface area contributed by atoms with Gasteiger partial charge in [-0.2, -0.15) is 0 Å². The molecule has 0 bridgehead atoms. The zero-order chi connectivity index (χ0) is 24.0. The summed E-state index contributed by atoms with van der Waals surface area (Å²) in [5, 5.41) is 0.924. The Morgan fingerprint density at radius 3 is 2.09 bits per heavy atom. The summed E-state index contributed by atoms with van der Waals surface area (Å²) < 4.78 is 13.1. The van der Waals surface area contributed by atoms with Crippen LogP contribution in [-0.4, -0.2) is 38.8 Å². The van der Waals surface area contributed by atoms with Crippen molar-refractivity contribution in [3.8, 4) is 0 Å². The maximum atomic E-state index is 13.3. The molecular weight excluding hydrogens is 416 g/mol. The van der Waals surface area contributed by atoms with E-state index in [-0.39, 0.29) is 12.0 Å². The van der Waals surface area contributed by atoms with Crippen molar-refractivity contribution < 1.29 is 19.1 Å². The Morgan fingerprint density at radius 1 is 0.848 bits per heavy atom. The normalized spacial score (nSPS) is 20.5. The molecule has 2 aromatic carbocycles. The monoisotopic (exact) mass is 448 g/mol. The summed E-state index contributed by atoms with van der Waals surface area (Å²) >= 11 is 0. The van der Waals surface area contributed by atoms with Crippen molar-refractivity contribution in [3.63, 3.8) is 0 Å². The highest BCUT2D eigenvalue weighted by atomic mass is 16.6. The third-order valence-electron chi connectivity index (χ3n) is 5.40. The van der Waals surface area contributed by atoms with E-state index in [1.165, 1.54) is 0 Å². The third kappa shape index (κ3) is 5.11. The minimum atomic E-state index is -0.641. The summed E-state index contributed by atoms with van der Waals surface area (Å²) in [6, 6.07) is 18.9. The Bertz CT molecular complexity index is 1170. The van der Waals surface area contributed by atoms with Crippen molar-refractivity contribution in [2.24, 2.45) is 0 Å². The Labute approximate surface area is 195 Å². The molecule has 0 spiro atoms. The largest absolute Gasteiger partial charge is 0.459 e. The summed E-state index contributed by atoms with van der Waals surface area (Å²) in [6.07, 6.45) is -0.451. The van der Waals surface area contributed by atoms with E-state index >= 15 is 0 Å². The van der Waals surface area contributed by atoms with E-state index in [4.69, 9.17) is 9.47 Å². The number of esters is 1. The molecular formula is C27H32N2O4. The number of rotatable bonds is 4. The highest BCUT2D eigenvalue weighted by Crippen LogP contribution is 2.47. The fourth-order valence-electron chi connectivity index (χ4n) is 4.13. The first-order chi connectivity index (χ1) is 15.4. The number of hydrogen-bond acceptors (Lipinski definition) is 5. The highest BCUT2D eigenvalue weighted by Gasteiger charge is 2.56. The first kappa shape index (κ1) is 23.1. The summed E-state index contributed by atoms with van der Waals surface area (Å²) in [5.74, 6) is -0.288. The lowest BCUT2D eigenvalue weighted by Gasteiger charge is -2.21. The molecule has 2 heterocycles. The molecule has 0 saturated carbocycles. The van der Waals surface area contributed by atoms with Crippen LogP contribution in [0.2, 0.25) is 0 Å². The molecule has 1 unspecified atom stereocenters. The summed E-state index contributed by atoms with van der Waals surface area (Å²) in [6.45, 7) is 11.7. The highest BCUT2D eigenvalue weighted by molar-refractivity contribution is 5.92. The van der Waals surface area contributed by atoms with Gasteiger partial charge in [0.2, 0.25) is 0 Å². The van der Waals surface area contributed by atoms with Crippen molar-refractivity contribution in [1.29, 1.82) is 0 Å². The Morgan fingerprint density at radius 2 is 1.45 bits per heavy atom. The molecule has 6 heteroatoms. The van der Waals surface area contributed by atoms with Crippen LogP contribution >= 0.6 is 0 Å². The van der Waals surface area contributed by atoms with Crippen LogP contribution < -0.4 is 0 Å². The van der Waals surface area contributed by atoms with Gasteiger partial charge in [-0.15, -0.1) is 0 Å². The van der Waals surface area contributed by atoms with Gasteiger partial charge in [-0.1, -0.05) is 48.5 Å². The molecule has 1 aromatic heterocycles. The van der Waals surface area contributed by atoms with E-state index in [0.717, 1.165) is 22.2 Å². The van der Waals surface area contributed by atoms with Gasteiger partial charge in [-0.3, -0.25) is 9.69 Å². The molecule has 1 aliphatic rings. The lowest BCUT2D eigenvalue weighted by atomic mass is 10.2. The SMILES string of the molecule is CC(C)(C)OC(=O)[C@H]1[C@H](c2cc3ccccc3n2C(=O)OC(C)(C)C)N1Cc1ccccc1. The quantitative estimate of drug-likeness (QED) is 0.379. The minimum Gasteiger partial charge on any atom is -0.459 e. The summed E-state index contributed by atoms with van der Waals surface area (Å²) in [4.78, 5) is 28.5. The van der Waals surface area contributed by atoms with Gasteiger partial charge in [0.05, 0.1) is 11.6 Å². The Kier molecular flexibility index (Phi) is 5.83. The first-order valence-corrected chi connectivity index (χ1v) is 11.3. The number of benzene rings is 2. The van der Waals surface area contributed by atoms with Crippen LogP contribution in [-0.2, 0) is 20.8 Å². The van der Waals surface area contributed by atoms with Crippen LogP contribution in [0.1, 0.15) is 58.8 Å². The van der Waals surface area contributed by atoms with E-state index < -0.39 is 23.3 Å². The number of ether oxygens (including phenoxy) is 2. The van der Waals surface area contributed by atoms with Crippen LogP contribution in [0.5, 0.6) is 0 Å². The zero-order valence-corrected chi connectivity index (χ0v) is 20.2. The first-order valence-electron chi connectivity index (χ1n) is 11.3. The second kappa shape index (κ2) is 8.34. The fourth-order valence-corrected chi connectivity index (χ4v) is 4.13. The lowest BCUT2D eigenvalue weighted by molar-refractivity contribution is -0.155. The van der Waals surface area contributed by atoms with Gasteiger partial charge in [0, 0.05) is 17.6 Å². The number of carbonyl (C=O) groups excluding carboxylic acids is 2. The molecule has 1 fully saturated rings. The van der Waals surface area contributed by atoms with Gasteiger partial charge < -0.3 is 9.47 Å². The Balaban J connectivity index is 1.75. The molecule has 1 aliphatic heterocycles. The molecule has 3 aromatic rings. The third-order valence-corrected chi connectivity index (χ3v) is 5.40. The second-order valence-corrected chi connectivity index (χ2v) is 10.5. The molecule has 0 amide bonds. The standard InChI is InChI=1S/C27H32N2O4/c1-26(2,3)32-24(30)23-22(28(23)17-18-12-8-7-9-13-18)21-16-19-14-10-11-15-20(19)29(21)25(31)33-27(4,5)6/h7-16,22-23H,17H2,1-6H3/t22-,23+,28?/m0/s1. The number of carbonyl (C=O) groups is 2. The van der Waals surface area contributed by atoms with E-state index in [9.17, 15) is 9.59 Å². The number of fused-ring (bicyclic) bond motifs is 1. The zero-order valence-electron chi connectivity index (χ0n) is 20.2. The van der Waals surface area contributed by atoms with Crippen molar-refractivity contribution in [1.82, 2.24) is 9.47 Å². The van der Waals surface area contributed by atoms with Crippen molar-refractivity contribution in [2.75, 3.05) is 0 Å². The average molecular weight is 449 g/mol. The van der Waals surface area contributed by atoms with Crippen molar-refractivity contribution >= 4 is 23.0 Å². The van der Waals surface area contributed by atoms with E-state index in [2.05, 4.69) is 4.90 Å². The summed E-state index contributed by atoms with van der Waals surface area (Å²) in [5.41, 5.74) is 1.35. The van der Waals surface area contributed by atoms with E-state index in [1.807, 2.05) is 102 Å². The number of aromatic nitrogens is 1. The molecule has 1 saturated heterocycles. The Hall–Kier alpha value is -3.12. The molecule has 4 rings (SSSR count).